The van der Waals surface area contributed by atoms with Gasteiger partial charge in [-0.1, -0.05) is 65.1 Å². The third kappa shape index (κ3) is 3.14. The molecule has 0 saturated heterocycles. The Morgan fingerprint density at radius 1 is 0.909 bits per heavy atom. The summed E-state index contributed by atoms with van der Waals surface area (Å²) >= 11 is 2.40. The van der Waals surface area contributed by atoms with Crippen LogP contribution in [0.2, 0.25) is 0 Å². The molecule has 0 amide bonds. The van der Waals surface area contributed by atoms with Gasteiger partial charge in [-0.05, 0) is 17.7 Å². The number of halogens is 1. The Labute approximate surface area is 143 Å². The van der Waals surface area contributed by atoms with Crippen LogP contribution in [-0.2, 0) is 6.54 Å². The van der Waals surface area contributed by atoms with Gasteiger partial charge in [0, 0.05) is 17.7 Å². The Morgan fingerprint density at radius 3 is 2.45 bits per heavy atom. The van der Waals surface area contributed by atoms with Gasteiger partial charge in [0.05, 0.1) is 9.81 Å². The Balaban J connectivity index is 2.05. The molecule has 110 valence electrons. The van der Waals surface area contributed by atoms with Crippen molar-refractivity contribution in [3.8, 4) is 5.75 Å². The lowest BCUT2D eigenvalue weighted by molar-refractivity contribution is -0.666. The maximum absolute atomic E-state index is 9.86. The van der Waals surface area contributed by atoms with Crippen molar-refractivity contribution < 1.29 is 9.67 Å². The first-order chi connectivity index (χ1) is 10.8. The second-order valence-electron chi connectivity index (χ2n) is 5.06. The zero-order valence-corrected chi connectivity index (χ0v) is 14.3. The Hall–Kier alpha value is -1.88. The van der Waals surface area contributed by atoms with E-state index < -0.39 is 0 Å². The molecule has 0 aliphatic carbocycles. The molecule has 0 unspecified atom stereocenters. The number of rotatable bonds is 4. The summed E-state index contributed by atoms with van der Waals surface area (Å²) in [6.07, 6.45) is 6.15. The molecule has 0 atom stereocenters. The number of benzene rings is 2. The molecule has 3 aromatic rings. The van der Waals surface area contributed by atoms with E-state index in [4.69, 9.17) is 0 Å². The molecule has 1 N–H and O–H groups in total. The van der Waals surface area contributed by atoms with Crippen LogP contribution >= 0.6 is 22.6 Å². The molecule has 3 rings (SSSR count). The summed E-state index contributed by atoms with van der Waals surface area (Å²) < 4.78 is 3.36. The van der Waals surface area contributed by atoms with Crippen LogP contribution in [0.1, 0.15) is 11.1 Å². The maximum Gasteiger partial charge on any atom is 0.213 e. The fourth-order valence-electron chi connectivity index (χ4n) is 2.55. The lowest BCUT2D eigenvalue weighted by atomic mass is 10.1. The van der Waals surface area contributed by atoms with E-state index in [1.165, 1.54) is 10.9 Å². The van der Waals surface area contributed by atoms with Gasteiger partial charge in [0.1, 0.15) is 5.75 Å². The van der Waals surface area contributed by atoms with Crippen LogP contribution in [0.5, 0.6) is 5.75 Å². The van der Waals surface area contributed by atoms with E-state index in [2.05, 4.69) is 69.8 Å². The summed E-state index contributed by atoms with van der Waals surface area (Å²) in [5.41, 5.74) is 3.22. The van der Waals surface area contributed by atoms with Crippen molar-refractivity contribution in [2.45, 2.75) is 6.54 Å². The van der Waals surface area contributed by atoms with E-state index in [0.29, 0.717) is 5.75 Å². The first-order valence-corrected chi connectivity index (χ1v) is 8.75. The number of aromatic hydroxyl groups is 1. The van der Waals surface area contributed by atoms with Crippen LogP contribution in [0.4, 0.5) is 0 Å². The van der Waals surface area contributed by atoms with E-state index in [9.17, 15) is 5.11 Å². The van der Waals surface area contributed by atoms with Gasteiger partial charge >= 0.3 is 0 Å². The molecule has 3 heteroatoms. The first-order valence-electron chi connectivity index (χ1n) is 7.23. The van der Waals surface area contributed by atoms with Gasteiger partial charge in [0.2, 0.25) is 5.52 Å². The van der Waals surface area contributed by atoms with E-state index in [1.807, 2.05) is 24.3 Å². The van der Waals surface area contributed by atoms with Crippen LogP contribution in [-0.4, -0.2) is 9.53 Å². The predicted molar refractivity (Wildman–Crippen MR) is 100 cm³/mol. The number of phenolic OH excluding ortho intramolecular Hbond substituents is 1. The van der Waals surface area contributed by atoms with Crippen LogP contribution < -0.4 is 4.57 Å². The molecule has 0 radical (unpaired) electrons. The second kappa shape index (κ2) is 6.92. The molecule has 0 saturated carbocycles. The van der Waals surface area contributed by atoms with Crippen molar-refractivity contribution in [1.82, 2.24) is 0 Å². The van der Waals surface area contributed by atoms with Gasteiger partial charge in [0.25, 0.3) is 0 Å². The normalized spacial score (nSPS) is 11.3. The Bertz CT molecular complexity index is 827. The molecule has 0 spiro atoms. The van der Waals surface area contributed by atoms with E-state index in [0.717, 1.165) is 22.1 Å². The van der Waals surface area contributed by atoms with Crippen molar-refractivity contribution in [2.75, 3.05) is 4.43 Å². The number of fused-ring (bicyclic) bond motifs is 1. The van der Waals surface area contributed by atoms with Crippen molar-refractivity contribution in [2.24, 2.45) is 0 Å². The number of aromatic nitrogens is 1. The van der Waals surface area contributed by atoms with Gasteiger partial charge < -0.3 is 5.11 Å². The smallest absolute Gasteiger partial charge is 0.213 e. The monoisotopic (exact) mass is 402 g/mol. The lowest BCUT2D eigenvalue weighted by Crippen LogP contribution is -2.35. The minimum atomic E-state index is 0.305. The minimum absolute atomic E-state index is 0.305. The van der Waals surface area contributed by atoms with Gasteiger partial charge in [0.15, 0.2) is 12.7 Å². The third-order valence-corrected chi connectivity index (χ3v) is 4.15. The standard InChI is InChI=1S/C19H16INO/c20-12-14-21-13-11-15(17-6-2-3-7-18(17)21)9-10-16-5-1-4-8-19(16)22/h1-11,13H,12,14H2/p+1. The van der Waals surface area contributed by atoms with E-state index in [1.54, 1.807) is 6.07 Å². The molecule has 2 nitrogen and oxygen atoms in total. The number of hydrogen-bond acceptors (Lipinski definition) is 1. The van der Waals surface area contributed by atoms with Gasteiger partial charge in [-0.3, -0.25) is 0 Å². The molecular weight excluding hydrogens is 385 g/mol. The quantitative estimate of drug-likeness (QED) is 0.390. The summed E-state index contributed by atoms with van der Waals surface area (Å²) in [5.74, 6) is 0.305. The Morgan fingerprint density at radius 2 is 1.64 bits per heavy atom. The summed E-state index contributed by atoms with van der Waals surface area (Å²) in [7, 11) is 0. The number of pyridine rings is 1. The molecule has 0 aliphatic heterocycles. The SMILES string of the molecule is Oc1ccccc1C=Cc1cc[n+](CCI)c2ccccc12. The Kier molecular flexibility index (Phi) is 4.73. The fraction of sp³-hybridized carbons (Fsp3) is 0.105. The highest BCUT2D eigenvalue weighted by atomic mass is 127. The molecule has 0 fully saturated rings. The number of para-hydroxylation sites is 2. The number of nitrogens with zero attached hydrogens (tertiary/aromatic N) is 1. The highest BCUT2D eigenvalue weighted by Crippen LogP contribution is 2.21. The molecule has 0 bridgehead atoms. The molecule has 1 heterocycles. The molecule has 22 heavy (non-hydrogen) atoms. The predicted octanol–water partition coefficient (Wildman–Crippen LogP) is 4.44. The van der Waals surface area contributed by atoms with Gasteiger partial charge in [-0.15, -0.1) is 0 Å². The molecule has 1 aromatic heterocycles. The second-order valence-corrected chi connectivity index (χ2v) is 6.14. The minimum Gasteiger partial charge on any atom is -0.507 e. The fourth-order valence-corrected chi connectivity index (χ4v) is 3.07. The first kappa shape index (κ1) is 15.0. The van der Waals surface area contributed by atoms with Crippen LogP contribution in [0, 0.1) is 0 Å². The van der Waals surface area contributed by atoms with Gasteiger partial charge in [-0.25, -0.2) is 0 Å². The van der Waals surface area contributed by atoms with Crippen LogP contribution in [0.25, 0.3) is 23.1 Å². The van der Waals surface area contributed by atoms with Crippen molar-refractivity contribution in [3.63, 3.8) is 0 Å². The zero-order chi connectivity index (χ0) is 15.4. The molecule has 2 aromatic carbocycles. The third-order valence-electron chi connectivity index (χ3n) is 3.66. The average molecular weight is 402 g/mol. The average Bonchev–Trinajstić information content (AvgIpc) is 2.56. The summed E-state index contributed by atoms with van der Waals surface area (Å²) in [6.45, 7) is 1.00. The van der Waals surface area contributed by atoms with Crippen LogP contribution in [0.3, 0.4) is 0 Å². The molecular formula is C19H17INO+. The number of phenols is 1. The largest absolute Gasteiger partial charge is 0.507 e. The number of alkyl halides is 1. The van der Waals surface area contributed by atoms with Crippen molar-refractivity contribution in [3.05, 3.63) is 71.9 Å². The number of hydrogen-bond donors (Lipinski definition) is 1. The van der Waals surface area contributed by atoms with E-state index >= 15 is 0 Å². The zero-order valence-electron chi connectivity index (χ0n) is 12.1. The van der Waals surface area contributed by atoms with Crippen molar-refractivity contribution >= 4 is 45.6 Å². The molecule has 0 aliphatic rings. The topological polar surface area (TPSA) is 24.1 Å². The highest BCUT2D eigenvalue weighted by Gasteiger charge is 2.09. The lowest BCUT2D eigenvalue weighted by Gasteiger charge is -2.03. The van der Waals surface area contributed by atoms with Gasteiger partial charge in [-0.2, -0.15) is 4.57 Å². The summed E-state index contributed by atoms with van der Waals surface area (Å²) in [6, 6.07) is 17.9. The summed E-state index contributed by atoms with van der Waals surface area (Å²) in [4.78, 5) is 0. The summed E-state index contributed by atoms with van der Waals surface area (Å²) in [5, 5.41) is 11.1. The number of aryl methyl sites for hydroxylation is 1. The highest BCUT2D eigenvalue weighted by molar-refractivity contribution is 14.1. The van der Waals surface area contributed by atoms with E-state index in [-0.39, 0.29) is 0 Å². The maximum atomic E-state index is 9.86. The van der Waals surface area contributed by atoms with Crippen molar-refractivity contribution in [1.29, 1.82) is 0 Å². The van der Waals surface area contributed by atoms with Crippen LogP contribution in [0.15, 0.2) is 60.8 Å².